The highest BCUT2D eigenvalue weighted by atomic mass is 32.1. The number of fused-ring (bicyclic) bond motifs is 1. The molecule has 0 radical (unpaired) electrons. The summed E-state index contributed by atoms with van der Waals surface area (Å²) >= 11 is 1.71. The molecule has 0 spiro atoms. The van der Waals surface area contributed by atoms with E-state index in [0.29, 0.717) is 0 Å². The van der Waals surface area contributed by atoms with Crippen molar-refractivity contribution in [1.82, 2.24) is 9.97 Å². The molecule has 2 aromatic heterocycles. The fraction of sp³-hybridized carbons (Fsp3) is 0.250. The number of benzene rings is 1. The molecular weight excluding hydrogens is 330 g/mol. The van der Waals surface area contributed by atoms with E-state index in [2.05, 4.69) is 4.98 Å². The lowest BCUT2D eigenvalue weighted by molar-refractivity contribution is -0.122. The Kier molecular flexibility index (Phi) is 4.32. The molecule has 0 aliphatic heterocycles. The van der Waals surface area contributed by atoms with Crippen molar-refractivity contribution in [3.8, 4) is 10.6 Å². The van der Waals surface area contributed by atoms with Crippen molar-refractivity contribution >= 4 is 22.9 Å². The summed E-state index contributed by atoms with van der Waals surface area (Å²) in [6.07, 6.45) is 6.10. The Morgan fingerprint density at radius 2 is 1.92 bits per heavy atom. The molecule has 1 aromatic carbocycles. The van der Waals surface area contributed by atoms with Gasteiger partial charge in [-0.15, -0.1) is 11.3 Å². The van der Waals surface area contributed by atoms with E-state index in [1.165, 1.54) is 4.88 Å². The second kappa shape index (κ2) is 6.76. The van der Waals surface area contributed by atoms with E-state index in [4.69, 9.17) is 4.98 Å². The van der Waals surface area contributed by atoms with Crippen LogP contribution in [0, 0.1) is 5.92 Å². The van der Waals surface area contributed by atoms with Gasteiger partial charge in [0.15, 0.2) is 0 Å². The second-order valence-corrected chi connectivity index (χ2v) is 7.38. The number of para-hydroxylation sites is 1. The topological polar surface area (TPSA) is 46.1 Å². The molecule has 1 unspecified atom stereocenters. The highest BCUT2D eigenvalue weighted by molar-refractivity contribution is 7.15. The minimum absolute atomic E-state index is 0.0310. The number of nitrogens with zero attached hydrogens (tertiary/aromatic N) is 3. The highest BCUT2D eigenvalue weighted by Crippen LogP contribution is 2.35. The summed E-state index contributed by atoms with van der Waals surface area (Å²) in [5.41, 5.74) is 3.20. The molecule has 0 saturated heterocycles. The Morgan fingerprint density at radius 3 is 2.68 bits per heavy atom. The summed E-state index contributed by atoms with van der Waals surface area (Å²) in [7, 11) is 1.86. The monoisotopic (exact) mass is 349 g/mol. The Morgan fingerprint density at radius 1 is 1.16 bits per heavy atom. The maximum absolute atomic E-state index is 12.9. The normalized spacial score (nSPS) is 16.3. The maximum atomic E-state index is 12.9. The van der Waals surface area contributed by atoms with Crippen molar-refractivity contribution in [1.29, 1.82) is 0 Å². The number of carbonyl (C=O) groups is 1. The summed E-state index contributed by atoms with van der Waals surface area (Å²) in [5.74, 6) is 0.221. The zero-order valence-electron chi connectivity index (χ0n) is 14.1. The van der Waals surface area contributed by atoms with Crippen LogP contribution in [0.1, 0.15) is 17.0 Å². The lowest BCUT2D eigenvalue weighted by atomic mass is 9.90. The van der Waals surface area contributed by atoms with Crippen molar-refractivity contribution in [3.05, 3.63) is 65.4 Å². The van der Waals surface area contributed by atoms with Gasteiger partial charge in [0.25, 0.3) is 0 Å². The number of carbonyl (C=O) groups excluding carboxylic acids is 1. The van der Waals surface area contributed by atoms with Gasteiger partial charge in [-0.25, -0.2) is 4.98 Å². The van der Waals surface area contributed by atoms with E-state index < -0.39 is 0 Å². The molecule has 1 atom stereocenters. The van der Waals surface area contributed by atoms with E-state index in [-0.39, 0.29) is 11.8 Å². The van der Waals surface area contributed by atoms with Gasteiger partial charge >= 0.3 is 0 Å². The molecular formula is C20H19N3OS. The van der Waals surface area contributed by atoms with Gasteiger partial charge in [0.1, 0.15) is 5.01 Å². The van der Waals surface area contributed by atoms with Crippen LogP contribution in [0.2, 0.25) is 0 Å². The molecule has 1 aliphatic rings. The van der Waals surface area contributed by atoms with Gasteiger partial charge < -0.3 is 4.90 Å². The van der Waals surface area contributed by atoms with E-state index in [0.717, 1.165) is 41.2 Å². The summed E-state index contributed by atoms with van der Waals surface area (Å²) in [6, 6.07) is 13.8. The molecule has 0 N–H and O–H groups in total. The van der Waals surface area contributed by atoms with Crippen LogP contribution in [0.25, 0.3) is 10.6 Å². The van der Waals surface area contributed by atoms with Crippen LogP contribution >= 0.6 is 11.3 Å². The van der Waals surface area contributed by atoms with Gasteiger partial charge in [-0.1, -0.05) is 18.2 Å². The smallest absolute Gasteiger partial charge is 0.230 e. The first-order valence-corrected chi connectivity index (χ1v) is 9.25. The van der Waals surface area contributed by atoms with E-state index in [1.807, 2.05) is 49.5 Å². The number of pyridine rings is 1. The third kappa shape index (κ3) is 3.20. The van der Waals surface area contributed by atoms with Crippen LogP contribution in [-0.2, 0) is 17.6 Å². The van der Waals surface area contributed by atoms with Gasteiger partial charge in [-0.2, -0.15) is 0 Å². The van der Waals surface area contributed by atoms with Crippen molar-refractivity contribution in [2.24, 2.45) is 5.92 Å². The summed E-state index contributed by atoms with van der Waals surface area (Å²) in [6.45, 7) is 0. The summed E-state index contributed by atoms with van der Waals surface area (Å²) < 4.78 is 0. The Labute approximate surface area is 151 Å². The summed E-state index contributed by atoms with van der Waals surface area (Å²) in [5, 5.41) is 1.02. The number of aromatic nitrogens is 2. The van der Waals surface area contributed by atoms with Crippen LogP contribution in [0.15, 0.2) is 54.9 Å². The Bertz CT molecular complexity index is 876. The lowest BCUT2D eigenvalue weighted by Gasteiger charge is -2.26. The number of thiazole rings is 1. The van der Waals surface area contributed by atoms with Gasteiger partial charge in [-0.3, -0.25) is 9.78 Å². The first kappa shape index (κ1) is 16.0. The van der Waals surface area contributed by atoms with Crippen LogP contribution in [0.3, 0.4) is 0 Å². The van der Waals surface area contributed by atoms with Gasteiger partial charge in [-0.05, 0) is 43.5 Å². The molecule has 2 heterocycles. The van der Waals surface area contributed by atoms with Crippen molar-refractivity contribution in [2.45, 2.75) is 19.3 Å². The predicted octanol–water partition coefficient (Wildman–Crippen LogP) is 3.97. The van der Waals surface area contributed by atoms with Crippen LogP contribution < -0.4 is 4.90 Å². The Hall–Kier alpha value is -2.53. The molecule has 3 aromatic rings. The molecule has 5 heteroatoms. The third-order valence-corrected chi connectivity index (χ3v) is 5.86. The minimum Gasteiger partial charge on any atom is -0.315 e. The average Bonchev–Trinajstić information content (AvgIpc) is 3.11. The number of hydrogen-bond acceptors (Lipinski definition) is 4. The first-order valence-electron chi connectivity index (χ1n) is 8.44. The van der Waals surface area contributed by atoms with E-state index >= 15 is 0 Å². The minimum atomic E-state index is 0.0310. The van der Waals surface area contributed by atoms with Gasteiger partial charge in [0, 0.05) is 41.5 Å². The van der Waals surface area contributed by atoms with Crippen LogP contribution in [0.4, 0.5) is 5.69 Å². The second-order valence-electron chi connectivity index (χ2n) is 6.30. The maximum Gasteiger partial charge on any atom is 0.230 e. The molecule has 25 heavy (non-hydrogen) atoms. The van der Waals surface area contributed by atoms with E-state index in [9.17, 15) is 4.79 Å². The first-order chi connectivity index (χ1) is 12.2. The molecule has 0 bridgehead atoms. The molecule has 1 aliphatic carbocycles. The van der Waals surface area contributed by atoms with Gasteiger partial charge in [0.2, 0.25) is 5.91 Å². The third-order valence-electron chi connectivity index (χ3n) is 4.69. The molecule has 4 rings (SSSR count). The molecule has 0 saturated carbocycles. The number of rotatable bonds is 3. The fourth-order valence-corrected chi connectivity index (χ4v) is 4.45. The van der Waals surface area contributed by atoms with Crippen molar-refractivity contribution in [2.75, 3.05) is 11.9 Å². The van der Waals surface area contributed by atoms with Gasteiger partial charge in [0.05, 0.1) is 5.69 Å². The average molecular weight is 349 g/mol. The number of amides is 1. The van der Waals surface area contributed by atoms with Crippen LogP contribution in [0.5, 0.6) is 0 Å². The number of hydrogen-bond donors (Lipinski definition) is 0. The van der Waals surface area contributed by atoms with E-state index in [1.54, 1.807) is 28.6 Å². The SMILES string of the molecule is CN(C(=O)C1CCc2nc(-c3ccncc3)sc2C1)c1ccccc1. The zero-order valence-corrected chi connectivity index (χ0v) is 14.9. The summed E-state index contributed by atoms with van der Waals surface area (Å²) in [4.78, 5) is 24.8. The standard InChI is InChI=1S/C20H19N3OS/c1-23(16-5-3-2-4-6-16)20(24)15-7-8-17-18(13-15)25-19(22-17)14-9-11-21-12-10-14/h2-6,9-12,15H,7-8,13H2,1H3. The fourth-order valence-electron chi connectivity index (χ4n) is 3.26. The van der Waals surface area contributed by atoms with Crippen molar-refractivity contribution < 1.29 is 4.79 Å². The quantitative estimate of drug-likeness (QED) is 0.719. The largest absolute Gasteiger partial charge is 0.315 e. The molecule has 0 fully saturated rings. The molecule has 126 valence electrons. The van der Waals surface area contributed by atoms with Crippen LogP contribution in [-0.4, -0.2) is 22.9 Å². The molecule has 4 nitrogen and oxygen atoms in total. The molecule has 1 amide bonds. The lowest BCUT2D eigenvalue weighted by Crippen LogP contribution is -2.35. The zero-order chi connectivity index (χ0) is 17.2. The number of aryl methyl sites for hydroxylation is 1. The van der Waals surface area contributed by atoms with Crippen molar-refractivity contribution in [3.63, 3.8) is 0 Å². The highest BCUT2D eigenvalue weighted by Gasteiger charge is 2.29. The predicted molar refractivity (Wildman–Crippen MR) is 101 cm³/mol. The number of anilines is 1. The Balaban J connectivity index is 1.53.